The number of carbonyl (C=O) groups excluding carboxylic acids is 1. The van der Waals surface area contributed by atoms with Gasteiger partial charge in [-0.3, -0.25) is 9.69 Å². The third kappa shape index (κ3) is 4.47. The average Bonchev–Trinajstić information content (AvgIpc) is 3.08. The first-order valence-corrected chi connectivity index (χ1v) is 10.2. The van der Waals surface area contributed by atoms with Gasteiger partial charge in [0.05, 0.1) is 18.6 Å². The van der Waals surface area contributed by atoms with Crippen molar-refractivity contribution in [3.8, 4) is 11.1 Å². The molecule has 2 atom stereocenters. The number of benzene rings is 2. The SMILES string of the molecule is [N-]=[N+]=NC1CCN(CC(=O)O)C[C@H]1NC(=O)OCC1c2ccccc2-c2ccccc21. The van der Waals surface area contributed by atoms with Crippen molar-refractivity contribution in [2.45, 2.75) is 24.4 Å². The molecular weight excluding hydrogens is 398 g/mol. The van der Waals surface area contributed by atoms with Crippen molar-refractivity contribution in [2.75, 3.05) is 26.2 Å². The van der Waals surface area contributed by atoms with Gasteiger partial charge in [-0.2, -0.15) is 0 Å². The monoisotopic (exact) mass is 421 g/mol. The smallest absolute Gasteiger partial charge is 0.407 e. The van der Waals surface area contributed by atoms with Crippen LogP contribution in [0.25, 0.3) is 21.6 Å². The Hall–Kier alpha value is -3.55. The maximum atomic E-state index is 12.6. The van der Waals surface area contributed by atoms with Gasteiger partial charge in [0.1, 0.15) is 6.61 Å². The van der Waals surface area contributed by atoms with E-state index < -0.39 is 24.1 Å². The number of hydrogen-bond donors (Lipinski definition) is 2. The molecule has 1 aliphatic heterocycles. The number of aliphatic carboxylic acids is 1. The van der Waals surface area contributed by atoms with Crippen LogP contribution in [0.2, 0.25) is 0 Å². The first-order chi connectivity index (χ1) is 15.1. The molecule has 0 spiro atoms. The zero-order valence-corrected chi connectivity index (χ0v) is 16.8. The lowest BCUT2D eigenvalue weighted by Gasteiger charge is -2.35. The summed E-state index contributed by atoms with van der Waals surface area (Å²) in [7, 11) is 0. The highest BCUT2D eigenvalue weighted by Gasteiger charge is 2.32. The molecular formula is C22H23N5O4. The summed E-state index contributed by atoms with van der Waals surface area (Å²) in [6, 6.07) is 15.2. The van der Waals surface area contributed by atoms with Crippen LogP contribution in [0, 0.1) is 0 Å². The van der Waals surface area contributed by atoms with Crippen LogP contribution in [-0.4, -0.2) is 60.4 Å². The summed E-state index contributed by atoms with van der Waals surface area (Å²) >= 11 is 0. The lowest BCUT2D eigenvalue weighted by molar-refractivity contribution is -0.138. The molecule has 160 valence electrons. The number of nitrogens with one attached hydrogen (secondary N) is 1. The van der Waals surface area contributed by atoms with Gasteiger partial charge in [0.2, 0.25) is 0 Å². The van der Waals surface area contributed by atoms with Crippen molar-refractivity contribution in [1.82, 2.24) is 10.2 Å². The van der Waals surface area contributed by atoms with Gasteiger partial charge in [-0.1, -0.05) is 53.6 Å². The molecule has 9 nitrogen and oxygen atoms in total. The molecule has 1 amide bonds. The molecule has 0 radical (unpaired) electrons. The van der Waals surface area contributed by atoms with Gasteiger partial charge in [0.15, 0.2) is 0 Å². The minimum atomic E-state index is -0.942. The third-order valence-electron chi connectivity index (χ3n) is 5.87. The molecule has 2 aromatic rings. The van der Waals surface area contributed by atoms with Crippen molar-refractivity contribution in [2.24, 2.45) is 5.11 Å². The Labute approximate surface area is 179 Å². The number of hydrogen-bond acceptors (Lipinski definition) is 5. The number of carboxylic acids is 1. The van der Waals surface area contributed by atoms with E-state index in [0.717, 1.165) is 22.3 Å². The lowest BCUT2D eigenvalue weighted by atomic mass is 9.98. The quantitative estimate of drug-likeness (QED) is 0.420. The van der Waals surface area contributed by atoms with Crippen LogP contribution in [0.5, 0.6) is 0 Å². The van der Waals surface area contributed by atoms with E-state index in [1.807, 2.05) is 36.4 Å². The van der Waals surface area contributed by atoms with E-state index in [9.17, 15) is 9.59 Å². The molecule has 2 N–H and O–H groups in total. The maximum absolute atomic E-state index is 12.6. The molecule has 31 heavy (non-hydrogen) atoms. The predicted octanol–water partition coefficient (Wildman–Crippen LogP) is 3.36. The number of piperidine rings is 1. The molecule has 1 heterocycles. The number of ether oxygens (including phenoxy) is 1. The van der Waals surface area contributed by atoms with Gasteiger partial charge in [0, 0.05) is 17.4 Å². The number of rotatable bonds is 6. The van der Waals surface area contributed by atoms with Gasteiger partial charge in [-0.15, -0.1) is 0 Å². The number of fused-ring (bicyclic) bond motifs is 3. The highest BCUT2D eigenvalue weighted by atomic mass is 16.5. The zero-order valence-electron chi connectivity index (χ0n) is 16.8. The molecule has 1 fully saturated rings. The summed E-state index contributed by atoms with van der Waals surface area (Å²) in [5.41, 5.74) is 13.4. The molecule has 2 aromatic carbocycles. The van der Waals surface area contributed by atoms with Crippen LogP contribution >= 0.6 is 0 Å². The van der Waals surface area contributed by atoms with Crippen molar-refractivity contribution >= 4 is 12.1 Å². The molecule has 1 aliphatic carbocycles. The molecule has 0 bridgehead atoms. The van der Waals surface area contributed by atoms with Crippen molar-refractivity contribution in [1.29, 1.82) is 0 Å². The average molecular weight is 421 g/mol. The fourth-order valence-corrected chi connectivity index (χ4v) is 4.48. The summed E-state index contributed by atoms with van der Waals surface area (Å²) < 4.78 is 5.57. The Morgan fingerprint density at radius 2 is 1.81 bits per heavy atom. The second-order valence-corrected chi connectivity index (χ2v) is 7.77. The number of carbonyl (C=O) groups is 2. The van der Waals surface area contributed by atoms with E-state index >= 15 is 0 Å². The second-order valence-electron chi connectivity index (χ2n) is 7.77. The van der Waals surface area contributed by atoms with Gasteiger partial charge in [-0.05, 0) is 40.8 Å². The largest absolute Gasteiger partial charge is 0.480 e. The lowest BCUT2D eigenvalue weighted by Crippen LogP contribution is -2.55. The van der Waals surface area contributed by atoms with E-state index in [1.54, 1.807) is 4.90 Å². The van der Waals surface area contributed by atoms with Crippen LogP contribution < -0.4 is 5.32 Å². The minimum absolute atomic E-state index is 0.0547. The first kappa shape index (κ1) is 20.7. The van der Waals surface area contributed by atoms with Gasteiger partial charge >= 0.3 is 12.1 Å². The topological polar surface area (TPSA) is 128 Å². The van der Waals surface area contributed by atoms with E-state index in [4.69, 9.17) is 15.4 Å². The molecule has 2 aliphatic rings. The number of likely N-dealkylation sites (tertiary alicyclic amines) is 1. The highest BCUT2D eigenvalue weighted by molar-refractivity contribution is 5.79. The fourth-order valence-electron chi connectivity index (χ4n) is 4.48. The normalized spacial score (nSPS) is 20.3. The molecule has 1 unspecified atom stereocenters. The van der Waals surface area contributed by atoms with Crippen LogP contribution in [0.4, 0.5) is 4.79 Å². The number of nitrogens with zero attached hydrogens (tertiary/aromatic N) is 4. The number of amides is 1. The molecule has 9 heteroatoms. The standard InChI is InChI=1S/C22H23N5O4/c23-26-25-19-9-10-27(12-21(28)29)11-20(19)24-22(30)31-13-18-16-7-3-1-5-14(16)15-6-2-4-8-17(15)18/h1-8,18-20H,9-13H2,(H,24,30)(H,28,29)/t19?,20-/m1/s1. The van der Waals surface area contributed by atoms with Crippen LogP contribution in [0.1, 0.15) is 23.5 Å². The minimum Gasteiger partial charge on any atom is -0.480 e. The van der Waals surface area contributed by atoms with Gasteiger partial charge < -0.3 is 15.2 Å². The first-order valence-electron chi connectivity index (χ1n) is 10.2. The second kappa shape index (κ2) is 9.07. The van der Waals surface area contributed by atoms with Crippen molar-refractivity contribution < 1.29 is 19.4 Å². The summed E-state index contributed by atoms with van der Waals surface area (Å²) in [4.78, 5) is 28.2. The summed E-state index contributed by atoms with van der Waals surface area (Å²) in [6.07, 6.45) is -0.145. The predicted molar refractivity (Wildman–Crippen MR) is 114 cm³/mol. The van der Waals surface area contributed by atoms with Crippen LogP contribution in [-0.2, 0) is 9.53 Å². The summed E-state index contributed by atoms with van der Waals surface area (Å²) in [6.45, 7) is 0.808. The number of azide groups is 1. The van der Waals surface area contributed by atoms with E-state index in [0.29, 0.717) is 13.0 Å². The van der Waals surface area contributed by atoms with Crippen LogP contribution in [0.15, 0.2) is 53.6 Å². The Bertz CT molecular complexity index is 991. The zero-order chi connectivity index (χ0) is 21.8. The Balaban J connectivity index is 1.42. The van der Waals surface area contributed by atoms with Crippen molar-refractivity contribution in [3.63, 3.8) is 0 Å². The molecule has 0 aromatic heterocycles. The molecule has 0 saturated carbocycles. The Morgan fingerprint density at radius 3 is 2.42 bits per heavy atom. The van der Waals surface area contributed by atoms with Crippen LogP contribution in [0.3, 0.4) is 0 Å². The maximum Gasteiger partial charge on any atom is 0.407 e. The Morgan fingerprint density at radius 1 is 1.16 bits per heavy atom. The molecule has 1 saturated heterocycles. The highest BCUT2D eigenvalue weighted by Crippen LogP contribution is 2.44. The number of carboxylic acid groups (broad SMARTS) is 1. The third-order valence-corrected chi connectivity index (χ3v) is 5.87. The molecule has 4 rings (SSSR count). The Kier molecular flexibility index (Phi) is 6.06. The van der Waals surface area contributed by atoms with E-state index in [-0.39, 0.29) is 25.6 Å². The van der Waals surface area contributed by atoms with Gasteiger partial charge in [0.25, 0.3) is 0 Å². The van der Waals surface area contributed by atoms with E-state index in [1.165, 1.54) is 0 Å². The van der Waals surface area contributed by atoms with E-state index in [2.05, 4.69) is 27.5 Å². The number of alkyl carbamates (subject to hydrolysis) is 1. The fraction of sp³-hybridized carbons (Fsp3) is 0.364. The van der Waals surface area contributed by atoms with Crippen molar-refractivity contribution in [3.05, 3.63) is 70.1 Å². The summed E-state index contributed by atoms with van der Waals surface area (Å²) in [5, 5.41) is 15.6. The van der Waals surface area contributed by atoms with Gasteiger partial charge in [-0.25, -0.2) is 4.79 Å². The summed E-state index contributed by atoms with van der Waals surface area (Å²) in [5.74, 6) is -0.997.